The third-order valence-corrected chi connectivity index (χ3v) is 3.56. The van der Waals surface area contributed by atoms with E-state index < -0.39 is 0 Å². The molecule has 0 bridgehead atoms. The van der Waals surface area contributed by atoms with E-state index in [1.807, 2.05) is 12.1 Å². The average Bonchev–Trinajstić information content (AvgIpc) is 2.33. The summed E-state index contributed by atoms with van der Waals surface area (Å²) < 4.78 is 0. The van der Waals surface area contributed by atoms with Crippen molar-refractivity contribution < 1.29 is 0 Å². The second kappa shape index (κ2) is 5.19. The molecule has 0 radical (unpaired) electrons. The van der Waals surface area contributed by atoms with Crippen molar-refractivity contribution in [3.05, 3.63) is 18.3 Å². The van der Waals surface area contributed by atoms with Gasteiger partial charge in [-0.25, -0.2) is 4.98 Å². The van der Waals surface area contributed by atoms with E-state index in [0.29, 0.717) is 6.04 Å². The SMILES string of the molecule is CC(Nc1ncccc1N)C1CCCCC1. The summed E-state index contributed by atoms with van der Waals surface area (Å²) in [6.07, 6.45) is 8.59. The summed E-state index contributed by atoms with van der Waals surface area (Å²) in [5.41, 5.74) is 6.61. The standard InChI is InChI=1S/C13H21N3/c1-10(11-6-3-2-4-7-11)16-13-12(14)8-5-9-15-13/h5,8-11H,2-4,6-7,14H2,1H3,(H,15,16). The van der Waals surface area contributed by atoms with E-state index in [1.54, 1.807) is 6.20 Å². The van der Waals surface area contributed by atoms with E-state index in [4.69, 9.17) is 5.73 Å². The van der Waals surface area contributed by atoms with Crippen LogP contribution in [0.5, 0.6) is 0 Å². The van der Waals surface area contributed by atoms with Crippen LogP contribution in [0.3, 0.4) is 0 Å². The number of rotatable bonds is 3. The van der Waals surface area contributed by atoms with Gasteiger partial charge in [-0.1, -0.05) is 19.3 Å². The van der Waals surface area contributed by atoms with E-state index in [-0.39, 0.29) is 0 Å². The summed E-state index contributed by atoms with van der Waals surface area (Å²) in [6, 6.07) is 4.23. The Morgan fingerprint density at radius 1 is 1.38 bits per heavy atom. The predicted molar refractivity (Wildman–Crippen MR) is 68.3 cm³/mol. The van der Waals surface area contributed by atoms with Crippen LogP contribution >= 0.6 is 0 Å². The number of nitrogens with one attached hydrogen (secondary N) is 1. The summed E-state index contributed by atoms with van der Waals surface area (Å²) in [4.78, 5) is 4.28. The van der Waals surface area contributed by atoms with Crippen molar-refractivity contribution in [2.24, 2.45) is 5.92 Å². The molecular formula is C13H21N3. The highest BCUT2D eigenvalue weighted by molar-refractivity contribution is 5.60. The quantitative estimate of drug-likeness (QED) is 0.821. The first-order chi connectivity index (χ1) is 7.77. The van der Waals surface area contributed by atoms with E-state index in [1.165, 1.54) is 32.1 Å². The third kappa shape index (κ3) is 2.65. The number of nitrogens with zero attached hydrogens (tertiary/aromatic N) is 1. The minimum atomic E-state index is 0.470. The number of nitrogen functional groups attached to an aromatic ring is 1. The maximum Gasteiger partial charge on any atom is 0.149 e. The van der Waals surface area contributed by atoms with Crippen LogP contribution in [0.2, 0.25) is 0 Å². The van der Waals surface area contributed by atoms with Crippen molar-refractivity contribution in [2.45, 2.75) is 45.1 Å². The first-order valence-corrected chi connectivity index (χ1v) is 6.24. The molecule has 0 saturated heterocycles. The molecule has 1 aliphatic carbocycles. The van der Waals surface area contributed by atoms with Crippen LogP contribution in [-0.4, -0.2) is 11.0 Å². The third-order valence-electron chi connectivity index (χ3n) is 3.56. The van der Waals surface area contributed by atoms with Gasteiger partial charge in [0.1, 0.15) is 5.82 Å². The van der Waals surface area contributed by atoms with Gasteiger partial charge in [0, 0.05) is 12.2 Å². The molecule has 3 nitrogen and oxygen atoms in total. The van der Waals surface area contributed by atoms with E-state index in [9.17, 15) is 0 Å². The molecule has 1 heterocycles. The van der Waals surface area contributed by atoms with E-state index >= 15 is 0 Å². The maximum atomic E-state index is 5.87. The number of hydrogen-bond acceptors (Lipinski definition) is 3. The predicted octanol–water partition coefficient (Wildman–Crippen LogP) is 3.04. The molecule has 1 unspecified atom stereocenters. The number of nitrogens with two attached hydrogens (primary N) is 1. The Hall–Kier alpha value is -1.25. The fraction of sp³-hybridized carbons (Fsp3) is 0.615. The lowest BCUT2D eigenvalue weighted by Gasteiger charge is -2.28. The van der Waals surface area contributed by atoms with E-state index in [0.717, 1.165) is 17.4 Å². The maximum absolute atomic E-state index is 5.87. The van der Waals surface area contributed by atoms with Gasteiger partial charge in [-0.05, 0) is 37.8 Å². The van der Waals surface area contributed by atoms with Crippen LogP contribution < -0.4 is 11.1 Å². The highest BCUT2D eigenvalue weighted by Crippen LogP contribution is 2.28. The molecule has 88 valence electrons. The Bertz CT molecular complexity index is 332. The number of pyridine rings is 1. The summed E-state index contributed by atoms with van der Waals surface area (Å²) in [6.45, 7) is 2.24. The molecule has 1 atom stereocenters. The molecule has 0 aliphatic heterocycles. The lowest BCUT2D eigenvalue weighted by Crippen LogP contribution is -2.28. The fourth-order valence-corrected chi connectivity index (χ4v) is 2.51. The molecule has 2 rings (SSSR count). The fourth-order valence-electron chi connectivity index (χ4n) is 2.51. The molecule has 3 heteroatoms. The van der Waals surface area contributed by atoms with Crippen LogP contribution in [0.4, 0.5) is 11.5 Å². The van der Waals surface area contributed by atoms with Crippen LogP contribution in [-0.2, 0) is 0 Å². The number of hydrogen-bond donors (Lipinski definition) is 2. The van der Waals surface area contributed by atoms with Gasteiger partial charge in [-0.3, -0.25) is 0 Å². The Morgan fingerprint density at radius 2 is 2.12 bits per heavy atom. The highest BCUT2D eigenvalue weighted by Gasteiger charge is 2.20. The monoisotopic (exact) mass is 219 g/mol. The van der Waals surface area contributed by atoms with Gasteiger partial charge in [0.05, 0.1) is 5.69 Å². The molecule has 0 spiro atoms. The van der Waals surface area contributed by atoms with Crippen molar-refractivity contribution in [1.29, 1.82) is 0 Å². The molecule has 1 aromatic heterocycles. The largest absolute Gasteiger partial charge is 0.396 e. The second-order valence-corrected chi connectivity index (χ2v) is 4.77. The number of aromatic nitrogens is 1. The summed E-state index contributed by atoms with van der Waals surface area (Å²) in [5, 5.41) is 3.44. The molecule has 16 heavy (non-hydrogen) atoms. The molecule has 1 saturated carbocycles. The van der Waals surface area contributed by atoms with Gasteiger partial charge >= 0.3 is 0 Å². The van der Waals surface area contributed by atoms with Crippen LogP contribution in [0, 0.1) is 5.92 Å². The smallest absolute Gasteiger partial charge is 0.149 e. The second-order valence-electron chi connectivity index (χ2n) is 4.77. The molecule has 1 aromatic rings. The lowest BCUT2D eigenvalue weighted by molar-refractivity contribution is 0.328. The first-order valence-electron chi connectivity index (χ1n) is 6.24. The van der Waals surface area contributed by atoms with Crippen molar-refractivity contribution >= 4 is 11.5 Å². The summed E-state index contributed by atoms with van der Waals surface area (Å²) in [7, 11) is 0. The Kier molecular flexibility index (Phi) is 3.65. The van der Waals surface area contributed by atoms with Gasteiger partial charge in [0.15, 0.2) is 0 Å². The highest BCUT2D eigenvalue weighted by atomic mass is 15.0. The minimum Gasteiger partial charge on any atom is -0.396 e. The average molecular weight is 219 g/mol. The normalized spacial score (nSPS) is 19.3. The molecule has 1 fully saturated rings. The summed E-state index contributed by atoms with van der Waals surface area (Å²) in [5.74, 6) is 1.61. The van der Waals surface area contributed by atoms with Crippen molar-refractivity contribution in [3.63, 3.8) is 0 Å². The zero-order valence-corrected chi connectivity index (χ0v) is 9.95. The zero-order valence-electron chi connectivity index (χ0n) is 9.95. The Morgan fingerprint density at radius 3 is 2.81 bits per heavy atom. The van der Waals surface area contributed by atoms with Crippen molar-refractivity contribution in [3.8, 4) is 0 Å². The van der Waals surface area contributed by atoms with Gasteiger partial charge in [0.2, 0.25) is 0 Å². The molecule has 0 amide bonds. The van der Waals surface area contributed by atoms with Gasteiger partial charge in [-0.15, -0.1) is 0 Å². The number of anilines is 2. The van der Waals surface area contributed by atoms with Crippen molar-refractivity contribution in [1.82, 2.24) is 4.98 Å². The first kappa shape index (κ1) is 11.2. The molecule has 3 N–H and O–H groups in total. The zero-order chi connectivity index (χ0) is 11.4. The van der Waals surface area contributed by atoms with Gasteiger partial charge in [0.25, 0.3) is 0 Å². The Labute approximate surface area is 97.5 Å². The van der Waals surface area contributed by atoms with Gasteiger partial charge < -0.3 is 11.1 Å². The van der Waals surface area contributed by atoms with Crippen LogP contribution in [0.15, 0.2) is 18.3 Å². The summed E-state index contributed by atoms with van der Waals surface area (Å²) >= 11 is 0. The molecular weight excluding hydrogens is 198 g/mol. The van der Waals surface area contributed by atoms with Crippen LogP contribution in [0.25, 0.3) is 0 Å². The molecule has 0 aromatic carbocycles. The molecule has 1 aliphatic rings. The lowest BCUT2D eigenvalue weighted by atomic mass is 9.84. The van der Waals surface area contributed by atoms with Crippen molar-refractivity contribution in [2.75, 3.05) is 11.1 Å². The van der Waals surface area contributed by atoms with Crippen LogP contribution in [0.1, 0.15) is 39.0 Å². The van der Waals surface area contributed by atoms with Gasteiger partial charge in [-0.2, -0.15) is 0 Å². The van der Waals surface area contributed by atoms with E-state index in [2.05, 4.69) is 17.2 Å². The topological polar surface area (TPSA) is 50.9 Å². The Balaban J connectivity index is 1.96. The minimum absolute atomic E-state index is 0.470.